The summed E-state index contributed by atoms with van der Waals surface area (Å²) in [5.41, 5.74) is 16.8. The molecule has 13 aromatic rings. The lowest BCUT2D eigenvalue weighted by Gasteiger charge is -2.36. The molecule has 4 nitrogen and oxygen atoms in total. The van der Waals surface area contributed by atoms with E-state index in [-0.39, 0.29) is 6.71 Å². The molecule has 2 aliphatic heterocycles. The van der Waals surface area contributed by atoms with E-state index < -0.39 is 0 Å². The van der Waals surface area contributed by atoms with Gasteiger partial charge in [-0.2, -0.15) is 0 Å². The Hall–Kier alpha value is -7.54. The van der Waals surface area contributed by atoms with Gasteiger partial charge in [-0.25, -0.2) is 0 Å². The molecule has 4 aromatic heterocycles. The summed E-state index contributed by atoms with van der Waals surface area (Å²) >= 11 is 1.85. The highest BCUT2D eigenvalue weighted by Gasteiger charge is 2.46. The molecule has 0 bridgehead atoms. The van der Waals surface area contributed by atoms with Crippen LogP contribution in [0.1, 0.15) is 0 Å². The number of para-hydroxylation sites is 4. The molecule has 0 radical (unpaired) electrons. The molecule has 276 valence electrons. The van der Waals surface area contributed by atoms with Gasteiger partial charge >= 0.3 is 0 Å². The number of benzene rings is 9. The predicted molar refractivity (Wildman–Crippen MR) is 251 cm³/mol. The summed E-state index contributed by atoms with van der Waals surface area (Å²) in [4.78, 5) is 2.46. The van der Waals surface area contributed by atoms with Crippen molar-refractivity contribution in [2.45, 2.75) is 0 Å². The highest BCUT2D eigenvalue weighted by Crippen LogP contribution is 2.51. The van der Waals surface area contributed by atoms with Crippen molar-refractivity contribution >= 4 is 137 Å². The summed E-state index contributed by atoms with van der Waals surface area (Å²) in [6.45, 7) is -0.0619. The summed E-state index contributed by atoms with van der Waals surface area (Å²) in [5, 5.41) is 9.19. The zero-order chi connectivity index (χ0) is 38.8. The lowest BCUT2D eigenvalue weighted by molar-refractivity contribution is 0.666. The summed E-state index contributed by atoms with van der Waals surface area (Å²) in [5.74, 6) is 0. The Balaban J connectivity index is 1.14. The fourth-order valence-corrected chi connectivity index (χ4v) is 12.0. The second kappa shape index (κ2) is 11.1. The number of hydrogen-bond donors (Lipinski definition) is 0. The van der Waals surface area contributed by atoms with Crippen molar-refractivity contribution in [3.05, 3.63) is 170 Å². The van der Waals surface area contributed by atoms with Gasteiger partial charge in [0.1, 0.15) is 22.3 Å². The number of hydrogen-bond acceptors (Lipinski definition) is 5. The molecular weight excluding hydrogens is 753 g/mol. The van der Waals surface area contributed by atoms with Crippen molar-refractivity contribution in [3.8, 4) is 22.3 Å². The summed E-state index contributed by atoms with van der Waals surface area (Å²) in [6, 6.07) is 61.4. The minimum Gasteiger partial charge on any atom is -0.455 e. The topological polar surface area (TPSA) is 42.7 Å². The van der Waals surface area contributed by atoms with E-state index in [1.807, 2.05) is 17.4 Å². The molecule has 0 saturated carbocycles. The van der Waals surface area contributed by atoms with Gasteiger partial charge < -0.3 is 18.2 Å². The average Bonchev–Trinajstić information content (AvgIpc) is 4.12. The SMILES string of the molecule is c1ccc2c(c1)oc1c(N3c4cc(-c5cccc6sc7ccccc7c56)cc5c4B(c4ccc6c(oc7ccccc76)c4-5)c4ccc5c(oc6ccccc65)c43)cccc12. The van der Waals surface area contributed by atoms with Gasteiger partial charge in [-0.1, -0.05) is 127 Å². The normalized spacial score (nSPS) is 13.3. The first-order chi connectivity index (χ1) is 29.8. The summed E-state index contributed by atoms with van der Waals surface area (Å²) < 4.78 is 23.4. The molecule has 0 unspecified atom stereocenters. The van der Waals surface area contributed by atoms with Gasteiger partial charge in [-0.3, -0.25) is 0 Å². The van der Waals surface area contributed by atoms with Crippen LogP contribution in [0.15, 0.2) is 183 Å². The van der Waals surface area contributed by atoms with Gasteiger partial charge in [-0.15, -0.1) is 11.3 Å². The molecule has 15 rings (SSSR count). The summed E-state index contributed by atoms with van der Waals surface area (Å²) in [6.07, 6.45) is 0. The molecule has 60 heavy (non-hydrogen) atoms. The van der Waals surface area contributed by atoms with Crippen LogP contribution in [0, 0.1) is 0 Å². The van der Waals surface area contributed by atoms with Crippen LogP contribution in [0.5, 0.6) is 0 Å². The number of nitrogens with zero attached hydrogens (tertiary/aromatic N) is 1. The minimum atomic E-state index is -0.0619. The van der Waals surface area contributed by atoms with Crippen molar-refractivity contribution < 1.29 is 13.3 Å². The van der Waals surface area contributed by atoms with Gasteiger partial charge in [0.2, 0.25) is 6.71 Å². The van der Waals surface area contributed by atoms with Gasteiger partial charge in [-0.05, 0) is 76.1 Å². The standard InChI is InChI=1S/C54H28BNO3S/c1-5-18-43-31(11-1)34-16-9-17-41(52(34)57-43)56-42-28-29(30-15-10-22-47-48(30)37-14-4-8-21-46(37)60-47)27-38-49-39(25-23-35-32-12-2-6-19-44(32)58-53(35)49)55(50(38)42)40-26-24-36-33-13-3-7-20-45(33)59-54(36)51(40)56/h1-28H. The molecule has 0 atom stereocenters. The van der Waals surface area contributed by atoms with Crippen molar-refractivity contribution in [3.63, 3.8) is 0 Å². The van der Waals surface area contributed by atoms with Crippen molar-refractivity contribution in [1.82, 2.24) is 0 Å². The molecule has 0 N–H and O–H groups in total. The maximum atomic E-state index is 7.02. The third-order valence-electron chi connectivity index (χ3n) is 13.3. The van der Waals surface area contributed by atoms with Crippen molar-refractivity contribution in [2.24, 2.45) is 0 Å². The highest BCUT2D eigenvalue weighted by molar-refractivity contribution is 7.26. The fourth-order valence-electron chi connectivity index (χ4n) is 10.8. The fraction of sp³-hybridized carbons (Fsp3) is 0. The van der Waals surface area contributed by atoms with Crippen LogP contribution in [-0.2, 0) is 0 Å². The van der Waals surface area contributed by atoms with Gasteiger partial charge in [0.25, 0.3) is 0 Å². The first-order valence-corrected chi connectivity index (χ1v) is 21.3. The van der Waals surface area contributed by atoms with E-state index in [0.717, 1.165) is 94.0 Å². The molecule has 0 amide bonds. The van der Waals surface area contributed by atoms with Crippen molar-refractivity contribution in [1.29, 1.82) is 0 Å². The molecule has 9 aromatic carbocycles. The minimum absolute atomic E-state index is 0.0619. The second-order valence-corrected chi connectivity index (χ2v) is 17.3. The van der Waals surface area contributed by atoms with Crippen LogP contribution in [-0.4, -0.2) is 6.71 Å². The average molecular weight is 782 g/mol. The maximum Gasteiger partial charge on any atom is 0.248 e. The van der Waals surface area contributed by atoms with Crippen LogP contribution >= 0.6 is 11.3 Å². The quantitative estimate of drug-likeness (QED) is 0.164. The molecule has 0 saturated heterocycles. The Bertz CT molecular complexity index is 4050. The number of fused-ring (bicyclic) bond motifs is 19. The molecule has 6 heterocycles. The van der Waals surface area contributed by atoms with E-state index in [1.54, 1.807) is 0 Å². The van der Waals surface area contributed by atoms with Crippen LogP contribution in [0.4, 0.5) is 17.1 Å². The highest BCUT2D eigenvalue weighted by atomic mass is 32.1. The Morgan fingerprint density at radius 2 is 1.00 bits per heavy atom. The largest absolute Gasteiger partial charge is 0.455 e. The Labute approximate surface area is 346 Å². The number of furan rings is 3. The lowest BCUT2D eigenvalue weighted by Crippen LogP contribution is -2.54. The molecule has 6 heteroatoms. The lowest BCUT2D eigenvalue weighted by atomic mass is 9.37. The zero-order valence-corrected chi connectivity index (χ0v) is 32.6. The van der Waals surface area contributed by atoms with Gasteiger partial charge in [0, 0.05) is 63.7 Å². The third kappa shape index (κ3) is 3.88. The van der Waals surface area contributed by atoms with E-state index in [2.05, 4.69) is 169 Å². The molecule has 2 aliphatic rings. The van der Waals surface area contributed by atoms with Gasteiger partial charge in [0.15, 0.2) is 11.2 Å². The first-order valence-electron chi connectivity index (χ1n) is 20.4. The van der Waals surface area contributed by atoms with E-state index in [9.17, 15) is 0 Å². The molecule has 0 fully saturated rings. The number of thiophene rings is 1. The summed E-state index contributed by atoms with van der Waals surface area (Å²) in [7, 11) is 0. The molecule has 0 aliphatic carbocycles. The first kappa shape index (κ1) is 31.5. The Kier molecular flexibility index (Phi) is 5.84. The van der Waals surface area contributed by atoms with Crippen LogP contribution in [0.3, 0.4) is 0 Å². The van der Waals surface area contributed by atoms with Crippen LogP contribution in [0.25, 0.3) is 108 Å². The number of rotatable bonds is 2. The monoisotopic (exact) mass is 781 g/mol. The van der Waals surface area contributed by atoms with E-state index in [1.165, 1.54) is 47.7 Å². The smallest absolute Gasteiger partial charge is 0.248 e. The Morgan fingerprint density at radius 3 is 1.77 bits per heavy atom. The second-order valence-electron chi connectivity index (χ2n) is 16.2. The third-order valence-corrected chi connectivity index (χ3v) is 14.4. The molecule has 0 spiro atoms. The van der Waals surface area contributed by atoms with E-state index in [4.69, 9.17) is 13.3 Å². The maximum absolute atomic E-state index is 7.02. The van der Waals surface area contributed by atoms with Crippen LogP contribution in [0.2, 0.25) is 0 Å². The number of anilines is 3. The molecular formula is C54H28BNO3S. The van der Waals surface area contributed by atoms with Crippen molar-refractivity contribution in [2.75, 3.05) is 4.90 Å². The predicted octanol–water partition coefficient (Wildman–Crippen LogP) is 13.7. The zero-order valence-electron chi connectivity index (χ0n) is 31.8. The van der Waals surface area contributed by atoms with E-state index >= 15 is 0 Å². The van der Waals surface area contributed by atoms with E-state index in [0.29, 0.717) is 0 Å². The van der Waals surface area contributed by atoms with Gasteiger partial charge in [0.05, 0.1) is 11.4 Å². The van der Waals surface area contributed by atoms with Crippen LogP contribution < -0.4 is 21.3 Å². The Morgan fingerprint density at radius 1 is 0.417 bits per heavy atom.